The molecule has 1 N–H and O–H groups in total. The van der Waals surface area contributed by atoms with Gasteiger partial charge in [-0.05, 0) is 24.6 Å². The maximum Gasteiger partial charge on any atom is 0.303 e. The molecule has 0 aliphatic carbocycles. The van der Waals surface area contributed by atoms with E-state index in [1.54, 1.807) is 11.9 Å². The molecular formula is C12H13FN2O2. The van der Waals surface area contributed by atoms with Crippen LogP contribution in [0.3, 0.4) is 0 Å². The Morgan fingerprint density at radius 3 is 2.82 bits per heavy atom. The molecular weight excluding hydrogens is 223 g/mol. The second-order valence-corrected chi connectivity index (χ2v) is 3.70. The van der Waals surface area contributed by atoms with Crippen LogP contribution >= 0.6 is 0 Å². The normalized spacial score (nSPS) is 9.71. The van der Waals surface area contributed by atoms with Crippen LogP contribution < -0.4 is 4.90 Å². The lowest BCUT2D eigenvalue weighted by Gasteiger charge is -2.19. The Morgan fingerprint density at radius 1 is 1.59 bits per heavy atom. The van der Waals surface area contributed by atoms with Crippen molar-refractivity contribution in [2.75, 3.05) is 18.5 Å². The monoisotopic (exact) mass is 236 g/mol. The van der Waals surface area contributed by atoms with Gasteiger partial charge in [-0.15, -0.1) is 0 Å². The first-order valence-corrected chi connectivity index (χ1v) is 5.17. The Bertz CT molecular complexity index is 454. The van der Waals surface area contributed by atoms with Gasteiger partial charge in [0, 0.05) is 20.0 Å². The van der Waals surface area contributed by atoms with Gasteiger partial charge < -0.3 is 10.0 Å². The minimum Gasteiger partial charge on any atom is -0.481 e. The average molecular weight is 236 g/mol. The maximum atomic E-state index is 13.6. The summed E-state index contributed by atoms with van der Waals surface area (Å²) in [5, 5.41) is 17.1. The van der Waals surface area contributed by atoms with Gasteiger partial charge in [-0.25, -0.2) is 4.39 Å². The van der Waals surface area contributed by atoms with Crippen LogP contribution in [0, 0.1) is 17.1 Å². The van der Waals surface area contributed by atoms with Crippen LogP contribution in [0.4, 0.5) is 10.1 Å². The van der Waals surface area contributed by atoms with Gasteiger partial charge in [0.15, 0.2) is 0 Å². The van der Waals surface area contributed by atoms with Crippen molar-refractivity contribution in [1.29, 1.82) is 5.26 Å². The summed E-state index contributed by atoms with van der Waals surface area (Å²) in [6.45, 7) is 0.453. The zero-order chi connectivity index (χ0) is 12.8. The predicted octanol–water partition coefficient (Wildman–Crippen LogP) is 2.00. The Kier molecular flexibility index (Phi) is 4.46. The zero-order valence-electron chi connectivity index (χ0n) is 9.48. The Balaban J connectivity index is 2.66. The Labute approximate surface area is 98.9 Å². The molecule has 1 aromatic rings. The summed E-state index contributed by atoms with van der Waals surface area (Å²) >= 11 is 0. The van der Waals surface area contributed by atoms with E-state index >= 15 is 0 Å². The lowest BCUT2D eigenvalue weighted by atomic mass is 10.2. The maximum absolute atomic E-state index is 13.6. The molecule has 17 heavy (non-hydrogen) atoms. The van der Waals surface area contributed by atoms with Gasteiger partial charge >= 0.3 is 5.97 Å². The highest BCUT2D eigenvalue weighted by Gasteiger charge is 2.08. The van der Waals surface area contributed by atoms with Gasteiger partial charge in [0.25, 0.3) is 0 Å². The number of nitriles is 1. The number of nitrogens with zero attached hydrogens (tertiary/aromatic N) is 2. The summed E-state index contributed by atoms with van der Waals surface area (Å²) in [5.41, 5.74) is 0.638. The molecule has 1 rings (SSSR count). The highest BCUT2D eigenvalue weighted by Crippen LogP contribution is 2.19. The van der Waals surface area contributed by atoms with E-state index in [0.29, 0.717) is 18.7 Å². The molecule has 0 fully saturated rings. The summed E-state index contributed by atoms with van der Waals surface area (Å²) in [6.07, 6.45) is 0.507. The van der Waals surface area contributed by atoms with Crippen molar-refractivity contribution in [3.8, 4) is 6.07 Å². The second kappa shape index (κ2) is 5.85. The van der Waals surface area contributed by atoms with Crippen LogP contribution in [-0.2, 0) is 4.79 Å². The van der Waals surface area contributed by atoms with Gasteiger partial charge in [-0.3, -0.25) is 4.79 Å². The summed E-state index contributed by atoms with van der Waals surface area (Å²) in [7, 11) is 1.69. The first kappa shape index (κ1) is 13.0. The van der Waals surface area contributed by atoms with Crippen LogP contribution in [0.5, 0.6) is 0 Å². The molecule has 0 atom stereocenters. The van der Waals surface area contributed by atoms with E-state index in [1.165, 1.54) is 18.2 Å². The number of carbonyl (C=O) groups is 1. The predicted molar refractivity (Wildman–Crippen MR) is 61.3 cm³/mol. The molecule has 0 spiro atoms. The largest absolute Gasteiger partial charge is 0.481 e. The van der Waals surface area contributed by atoms with Crippen molar-refractivity contribution < 1.29 is 14.3 Å². The number of halogens is 1. The number of carboxylic acids is 1. The molecule has 1 aromatic carbocycles. The van der Waals surface area contributed by atoms with E-state index in [2.05, 4.69) is 0 Å². The van der Waals surface area contributed by atoms with E-state index in [-0.39, 0.29) is 12.0 Å². The van der Waals surface area contributed by atoms with Gasteiger partial charge in [-0.1, -0.05) is 0 Å². The summed E-state index contributed by atoms with van der Waals surface area (Å²) < 4.78 is 13.6. The van der Waals surface area contributed by atoms with Crippen LogP contribution in [-0.4, -0.2) is 24.7 Å². The van der Waals surface area contributed by atoms with E-state index in [1.807, 2.05) is 6.07 Å². The third-order valence-corrected chi connectivity index (χ3v) is 2.37. The summed E-state index contributed by atoms with van der Waals surface area (Å²) in [4.78, 5) is 12.0. The molecule has 0 saturated carbocycles. The van der Waals surface area contributed by atoms with Crippen LogP contribution in [0.2, 0.25) is 0 Å². The van der Waals surface area contributed by atoms with Crippen molar-refractivity contribution in [3.63, 3.8) is 0 Å². The highest BCUT2D eigenvalue weighted by molar-refractivity contribution is 5.66. The van der Waals surface area contributed by atoms with Crippen molar-refractivity contribution in [2.45, 2.75) is 12.8 Å². The minimum absolute atomic E-state index is 0.0578. The number of anilines is 1. The third kappa shape index (κ3) is 3.76. The topological polar surface area (TPSA) is 64.3 Å². The van der Waals surface area contributed by atoms with E-state index in [0.717, 1.165) is 0 Å². The van der Waals surface area contributed by atoms with Gasteiger partial charge in [-0.2, -0.15) is 5.26 Å². The first-order chi connectivity index (χ1) is 8.04. The molecule has 0 bridgehead atoms. The molecule has 0 amide bonds. The van der Waals surface area contributed by atoms with Crippen LogP contribution in [0.25, 0.3) is 0 Å². The average Bonchev–Trinajstić information content (AvgIpc) is 2.28. The Hall–Kier alpha value is -2.09. The smallest absolute Gasteiger partial charge is 0.303 e. The second-order valence-electron chi connectivity index (χ2n) is 3.70. The first-order valence-electron chi connectivity index (χ1n) is 5.17. The number of benzene rings is 1. The van der Waals surface area contributed by atoms with Gasteiger partial charge in [0.05, 0.1) is 17.3 Å². The van der Waals surface area contributed by atoms with Crippen LogP contribution in [0.1, 0.15) is 18.4 Å². The fourth-order valence-electron chi connectivity index (χ4n) is 1.47. The molecule has 0 heterocycles. The zero-order valence-corrected chi connectivity index (χ0v) is 9.48. The van der Waals surface area contributed by atoms with Crippen molar-refractivity contribution in [3.05, 3.63) is 29.6 Å². The fourth-order valence-corrected chi connectivity index (χ4v) is 1.47. The Morgan fingerprint density at radius 2 is 2.29 bits per heavy atom. The van der Waals surface area contributed by atoms with E-state index < -0.39 is 11.8 Å². The van der Waals surface area contributed by atoms with E-state index in [4.69, 9.17) is 10.4 Å². The molecule has 0 unspecified atom stereocenters. The molecule has 0 radical (unpaired) electrons. The van der Waals surface area contributed by atoms with Crippen molar-refractivity contribution >= 4 is 11.7 Å². The third-order valence-electron chi connectivity index (χ3n) is 2.37. The molecule has 0 aliphatic rings. The molecule has 90 valence electrons. The van der Waals surface area contributed by atoms with Crippen molar-refractivity contribution in [2.24, 2.45) is 0 Å². The standard InChI is InChI=1S/C12H13FN2O2/c1-15(6-2-3-12(16)17)11-5-4-9(8-14)7-10(11)13/h4-5,7H,2-3,6H2,1H3,(H,16,17). The summed E-state index contributed by atoms with van der Waals surface area (Å²) in [6, 6.07) is 6.08. The lowest BCUT2D eigenvalue weighted by molar-refractivity contribution is -0.137. The van der Waals surface area contributed by atoms with E-state index in [9.17, 15) is 9.18 Å². The number of rotatable bonds is 5. The van der Waals surface area contributed by atoms with Gasteiger partial charge in [0.2, 0.25) is 0 Å². The molecule has 0 aromatic heterocycles. The number of hydrogen-bond acceptors (Lipinski definition) is 3. The lowest BCUT2D eigenvalue weighted by Crippen LogP contribution is -2.20. The molecule has 5 heteroatoms. The fraction of sp³-hybridized carbons (Fsp3) is 0.333. The molecule has 4 nitrogen and oxygen atoms in total. The number of hydrogen-bond donors (Lipinski definition) is 1. The number of aliphatic carboxylic acids is 1. The molecule has 0 saturated heterocycles. The quantitative estimate of drug-likeness (QED) is 0.849. The van der Waals surface area contributed by atoms with Crippen molar-refractivity contribution in [1.82, 2.24) is 0 Å². The minimum atomic E-state index is -0.862. The number of carboxylic acid groups (broad SMARTS) is 1. The van der Waals surface area contributed by atoms with Gasteiger partial charge in [0.1, 0.15) is 5.82 Å². The van der Waals surface area contributed by atoms with Crippen LogP contribution in [0.15, 0.2) is 18.2 Å². The molecule has 0 aliphatic heterocycles. The highest BCUT2D eigenvalue weighted by atomic mass is 19.1. The summed E-state index contributed by atoms with van der Waals surface area (Å²) in [5.74, 6) is -1.33. The SMILES string of the molecule is CN(CCCC(=O)O)c1ccc(C#N)cc1F.